The van der Waals surface area contributed by atoms with Crippen molar-refractivity contribution in [2.75, 3.05) is 39.8 Å². The maximum atomic E-state index is 12.9. The van der Waals surface area contributed by atoms with Gasteiger partial charge < -0.3 is 5.32 Å². The van der Waals surface area contributed by atoms with E-state index >= 15 is 0 Å². The Morgan fingerprint density at radius 2 is 1.65 bits per heavy atom. The van der Waals surface area contributed by atoms with Gasteiger partial charge in [0.05, 0.1) is 0 Å². The Labute approximate surface area is 149 Å². The van der Waals surface area contributed by atoms with E-state index in [0.717, 1.165) is 25.8 Å². The molecule has 0 amide bonds. The molecule has 23 heavy (non-hydrogen) atoms. The van der Waals surface area contributed by atoms with Crippen LogP contribution in [0.4, 0.5) is 0 Å². The minimum Gasteiger partial charge on any atom is -0.319 e. The third-order valence-corrected chi connectivity index (χ3v) is 6.31. The summed E-state index contributed by atoms with van der Waals surface area (Å²) < 4.78 is 29.3. The predicted molar refractivity (Wildman–Crippen MR) is 100 cm³/mol. The van der Waals surface area contributed by atoms with Gasteiger partial charge in [0, 0.05) is 26.2 Å². The van der Waals surface area contributed by atoms with Crippen LogP contribution in [0.1, 0.15) is 47.0 Å². The van der Waals surface area contributed by atoms with Gasteiger partial charge in [-0.05, 0) is 50.6 Å². The molecule has 1 aliphatic rings. The first-order valence-corrected chi connectivity index (χ1v) is 10.1. The lowest BCUT2D eigenvalue weighted by atomic mass is 10.1. The molecule has 0 aromatic rings. The van der Waals surface area contributed by atoms with Gasteiger partial charge in [-0.25, -0.2) is 0 Å². The third kappa shape index (κ3) is 7.69. The van der Waals surface area contributed by atoms with Crippen molar-refractivity contribution in [1.29, 1.82) is 0 Å². The minimum absolute atomic E-state index is 0. The Morgan fingerprint density at radius 3 is 2.09 bits per heavy atom. The number of nitrogens with one attached hydrogen (secondary N) is 1. The van der Waals surface area contributed by atoms with Crippen LogP contribution in [0.25, 0.3) is 0 Å². The summed E-state index contributed by atoms with van der Waals surface area (Å²) in [6, 6.07) is 0. The maximum Gasteiger partial charge on any atom is 0.281 e. The number of hydrogen-bond acceptors (Lipinski definition) is 3. The molecule has 1 unspecified atom stereocenters. The first-order valence-electron chi connectivity index (χ1n) is 8.67. The maximum absolute atomic E-state index is 12.9. The zero-order valence-electron chi connectivity index (χ0n) is 15.4. The van der Waals surface area contributed by atoms with Crippen molar-refractivity contribution in [2.45, 2.75) is 47.0 Å². The second-order valence-corrected chi connectivity index (χ2v) is 9.27. The summed E-state index contributed by atoms with van der Waals surface area (Å²) in [6.45, 7) is 12.1. The van der Waals surface area contributed by atoms with E-state index in [4.69, 9.17) is 0 Å². The molecule has 0 spiro atoms. The topological polar surface area (TPSA) is 52.7 Å². The van der Waals surface area contributed by atoms with Crippen molar-refractivity contribution in [2.24, 2.45) is 17.8 Å². The number of halogens is 1. The molecule has 1 saturated heterocycles. The van der Waals surface area contributed by atoms with Gasteiger partial charge in [0.2, 0.25) is 0 Å². The Balaban J connectivity index is 0.00000484. The summed E-state index contributed by atoms with van der Waals surface area (Å²) in [5.74, 6) is 1.48. The second-order valence-electron chi connectivity index (χ2n) is 7.34. The minimum atomic E-state index is -3.30. The average molecular weight is 370 g/mol. The van der Waals surface area contributed by atoms with E-state index in [1.807, 2.05) is 7.05 Å². The fourth-order valence-corrected chi connectivity index (χ4v) is 4.51. The standard InChI is InChI=1S/C16H35N3O2S.ClH/c1-14(2)6-9-18(10-7-15(3)4)22(20,21)19-11-8-16(13-19)12-17-5;/h14-17H,6-13H2,1-5H3;1H. The van der Waals surface area contributed by atoms with Crippen LogP contribution in [0, 0.1) is 17.8 Å². The summed E-state index contributed by atoms with van der Waals surface area (Å²) >= 11 is 0. The lowest BCUT2D eigenvalue weighted by Crippen LogP contribution is -2.44. The Morgan fingerprint density at radius 1 is 1.13 bits per heavy atom. The molecule has 1 N–H and O–H groups in total. The Hall–Kier alpha value is 0.120. The van der Waals surface area contributed by atoms with Crippen molar-refractivity contribution in [3.05, 3.63) is 0 Å². The van der Waals surface area contributed by atoms with Gasteiger partial charge in [-0.1, -0.05) is 27.7 Å². The molecule has 0 aromatic carbocycles. The van der Waals surface area contributed by atoms with Crippen molar-refractivity contribution >= 4 is 22.6 Å². The predicted octanol–water partition coefficient (Wildman–Crippen LogP) is 2.59. The molecule has 1 atom stereocenters. The molecule has 1 aliphatic heterocycles. The molecule has 7 heteroatoms. The molecule has 1 fully saturated rings. The monoisotopic (exact) mass is 369 g/mol. The zero-order chi connectivity index (χ0) is 16.8. The van der Waals surface area contributed by atoms with Gasteiger partial charge >= 0.3 is 0 Å². The highest BCUT2D eigenvalue weighted by Gasteiger charge is 2.35. The van der Waals surface area contributed by atoms with E-state index in [1.54, 1.807) is 8.61 Å². The summed E-state index contributed by atoms with van der Waals surface area (Å²) in [5.41, 5.74) is 0. The summed E-state index contributed by atoms with van der Waals surface area (Å²) in [5, 5.41) is 3.16. The Bertz CT molecular complexity index is 404. The van der Waals surface area contributed by atoms with Crippen LogP contribution in [-0.2, 0) is 10.2 Å². The highest BCUT2D eigenvalue weighted by atomic mass is 35.5. The molecule has 0 aliphatic carbocycles. The van der Waals surface area contributed by atoms with Crippen molar-refractivity contribution in [3.63, 3.8) is 0 Å². The van der Waals surface area contributed by atoms with E-state index in [1.165, 1.54) is 0 Å². The van der Waals surface area contributed by atoms with Crippen LogP contribution in [-0.4, -0.2) is 56.8 Å². The normalized spacial score (nSPS) is 19.7. The number of nitrogens with zero attached hydrogens (tertiary/aromatic N) is 2. The smallest absolute Gasteiger partial charge is 0.281 e. The third-order valence-electron chi connectivity index (χ3n) is 4.31. The fourth-order valence-electron chi connectivity index (χ4n) is 2.77. The van der Waals surface area contributed by atoms with Crippen molar-refractivity contribution in [1.82, 2.24) is 13.9 Å². The first kappa shape index (κ1) is 23.1. The molecule has 0 aromatic heterocycles. The lowest BCUT2D eigenvalue weighted by molar-refractivity contribution is 0.323. The van der Waals surface area contributed by atoms with E-state index in [-0.39, 0.29) is 12.4 Å². The molecule has 0 radical (unpaired) electrons. The van der Waals surface area contributed by atoms with E-state index in [9.17, 15) is 8.42 Å². The van der Waals surface area contributed by atoms with Gasteiger partial charge in [-0.15, -0.1) is 12.4 Å². The molecule has 1 heterocycles. The van der Waals surface area contributed by atoms with Crippen LogP contribution in [0.3, 0.4) is 0 Å². The van der Waals surface area contributed by atoms with Crippen LogP contribution < -0.4 is 5.32 Å². The molecule has 0 bridgehead atoms. The van der Waals surface area contributed by atoms with Crippen molar-refractivity contribution in [3.8, 4) is 0 Å². The largest absolute Gasteiger partial charge is 0.319 e. The molecule has 140 valence electrons. The van der Waals surface area contributed by atoms with Gasteiger partial charge in [-0.2, -0.15) is 17.0 Å². The van der Waals surface area contributed by atoms with E-state index < -0.39 is 10.2 Å². The fraction of sp³-hybridized carbons (Fsp3) is 1.00. The quantitative estimate of drug-likeness (QED) is 0.644. The summed E-state index contributed by atoms with van der Waals surface area (Å²) in [6.07, 6.45) is 2.80. The zero-order valence-corrected chi connectivity index (χ0v) is 17.0. The van der Waals surface area contributed by atoms with Gasteiger partial charge in [0.15, 0.2) is 0 Å². The Kier molecular flexibility index (Phi) is 10.9. The van der Waals surface area contributed by atoms with E-state index in [0.29, 0.717) is 43.9 Å². The summed E-state index contributed by atoms with van der Waals surface area (Å²) in [7, 11) is -1.38. The van der Waals surface area contributed by atoms with Gasteiger partial charge in [0.1, 0.15) is 0 Å². The number of rotatable bonds is 10. The van der Waals surface area contributed by atoms with Gasteiger partial charge in [-0.3, -0.25) is 0 Å². The van der Waals surface area contributed by atoms with Crippen LogP contribution in [0.5, 0.6) is 0 Å². The second kappa shape index (κ2) is 10.9. The SMILES string of the molecule is CNCC1CCN(S(=O)(=O)N(CCC(C)C)CCC(C)C)C1.Cl. The molecule has 0 saturated carbocycles. The van der Waals surface area contributed by atoms with Crippen LogP contribution in [0.2, 0.25) is 0 Å². The molecular weight excluding hydrogens is 334 g/mol. The lowest BCUT2D eigenvalue weighted by Gasteiger charge is -2.28. The van der Waals surface area contributed by atoms with E-state index in [2.05, 4.69) is 33.0 Å². The molecule has 5 nitrogen and oxygen atoms in total. The highest BCUT2D eigenvalue weighted by Crippen LogP contribution is 2.22. The van der Waals surface area contributed by atoms with Gasteiger partial charge in [0.25, 0.3) is 10.2 Å². The number of hydrogen-bond donors (Lipinski definition) is 1. The van der Waals surface area contributed by atoms with Crippen LogP contribution >= 0.6 is 12.4 Å². The molecule has 1 rings (SSSR count). The summed E-state index contributed by atoms with van der Waals surface area (Å²) in [4.78, 5) is 0. The van der Waals surface area contributed by atoms with Crippen molar-refractivity contribution < 1.29 is 8.42 Å². The van der Waals surface area contributed by atoms with Crippen LogP contribution in [0.15, 0.2) is 0 Å². The molecular formula is C16H36ClN3O2S. The highest BCUT2D eigenvalue weighted by molar-refractivity contribution is 7.86. The first-order chi connectivity index (χ1) is 10.3. The average Bonchev–Trinajstić information content (AvgIpc) is 2.87.